The Morgan fingerprint density at radius 3 is 2.33 bits per heavy atom. The maximum Gasteiger partial charge on any atom is 0.342 e. The van der Waals surface area contributed by atoms with Crippen LogP contribution in [0.4, 0.5) is 9.59 Å². The number of amides is 7. The van der Waals surface area contributed by atoms with E-state index in [-0.39, 0.29) is 18.8 Å². The van der Waals surface area contributed by atoms with Gasteiger partial charge in [-0.25, -0.2) is 24.8 Å². The number of hydrogen-bond acceptors (Lipinski definition) is 15. The molecule has 0 unspecified atom stereocenters. The molecular formula is C24H25ClN8O14S2. The van der Waals surface area contributed by atoms with Crippen LogP contribution in [0.1, 0.15) is 13.8 Å². The number of β-lactam (4-membered cyclic amide) rings is 1. The van der Waals surface area contributed by atoms with Gasteiger partial charge in [-0.15, -0.1) is 0 Å². The number of nitrogens with one attached hydrogen (secondary N) is 3. The highest BCUT2D eigenvalue weighted by atomic mass is 35.5. The lowest BCUT2D eigenvalue weighted by Gasteiger charge is -2.41. The van der Waals surface area contributed by atoms with Gasteiger partial charge in [-0.05, 0) is 0 Å². The van der Waals surface area contributed by atoms with Crippen LogP contribution in [0, 0.1) is 0 Å². The Balaban J connectivity index is 1.41. The molecule has 3 aliphatic heterocycles. The fourth-order valence-corrected chi connectivity index (χ4v) is 7.44. The monoisotopic (exact) mass is 748 g/mol. The number of rotatable bonds is 12. The molecule has 0 aliphatic carbocycles. The average molecular weight is 749 g/mol. The minimum absolute atomic E-state index is 0.174. The van der Waals surface area contributed by atoms with Crippen LogP contribution in [0.25, 0.3) is 0 Å². The van der Waals surface area contributed by atoms with Crippen molar-refractivity contribution >= 4 is 87.4 Å². The van der Waals surface area contributed by atoms with Crippen LogP contribution in [-0.2, 0) is 38.9 Å². The van der Waals surface area contributed by atoms with Crippen molar-refractivity contribution in [1.82, 2.24) is 31.0 Å². The topological polar surface area (TPSA) is 303 Å². The van der Waals surface area contributed by atoms with Crippen molar-refractivity contribution in [3.8, 4) is 17.2 Å². The summed E-state index contributed by atoms with van der Waals surface area (Å²) in [5.41, 5.74) is 8.76. The van der Waals surface area contributed by atoms with Crippen molar-refractivity contribution in [3.63, 3.8) is 0 Å². The molecule has 0 saturated carbocycles. The van der Waals surface area contributed by atoms with Gasteiger partial charge >= 0.3 is 40.1 Å². The number of carboxylic acids is 1. The molecule has 3 aliphatic rings. The highest BCUT2D eigenvalue weighted by Crippen LogP contribution is 2.49. The molecule has 3 atom stereocenters. The van der Waals surface area contributed by atoms with E-state index in [9.17, 15) is 51.9 Å². The standard InChI is InChI=1S/C24H25ClN8O14S2/c1-10(34)45-14-5-12(25)13(6-15(14)46-11(2)35)47-49(43,44)8-17(37)28-18-19(38)31-9-24(21(39)40,48-20(18)31)32-3-4-33(23(32)42)30-16(36)7-27-29-22(26)41/h5-7,18,20H,3-4,8-9H2,1-2H3,(H,28,37)(H,30,36)(H,39,40)(H3,26,29,41)/t18-,20-,24-/m1/s1. The molecule has 49 heavy (non-hydrogen) atoms. The second kappa shape index (κ2) is 14.0. The van der Waals surface area contributed by atoms with Crippen molar-refractivity contribution in [1.29, 1.82) is 0 Å². The SMILES string of the molecule is CC(=O)Oc1cc(Cl)c(OS(=O)(=O)CC(=O)N[C@@H]2C(=O)N3C[C@@](C(=O)O)(N4CCN(NC(=O)C=NNC(N)=O)C4=O)S[C@H]23)cc1OC(C)=O. The number of esters is 2. The zero-order valence-electron chi connectivity index (χ0n) is 25.0. The minimum Gasteiger partial charge on any atom is -0.479 e. The number of carboxylic acid groups (broad SMARTS) is 1. The number of carbonyl (C=O) groups is 8. The van der Waals surface area contributed by atoms with Crippen LogP contribution in [0.2, 0.25) is 5.02 Å². The second-order valence-corrected chi connectivity index (χ2v) is 13.5. The molecular weight excluding hydrogens is 724 g/mol. The van der Waals surface area contributed by atoms with Crippen molar-refractivity contribution in [2.75, 3.05) is 25.4 Å². The average Bonchev–Trinajstić information content (AvgIpc) is 3.52. The van der Waals surface area contributed by atoms with E-state index in [0.29, 0.717) is 18.0 Å². The smallest absolute Gasteiger partial charge is 0.342 e. The normalized spacial score (nSPS) is 21.5. The number of carbonyl (C=O) groups excluding carboxylic acids is 7. The van der Waals surface area contributed by atoms with Crippen LogP contribution in [0.5, 0.6) is 17.2 Å². The predicted octanol–water partition coefficient (Wildman–Crippen LogP) is -2.50. The third kappa shape index (κ3) is 8.03. The Morgan fingerprint density at radius 2 is 1.73 bits per heavy atom. The quantitative estimate of drug-likeness (QED) is 0.0369. The number of hydrogen-bond donors (Lipinski definition) is 5. The molecule has 3 fully saturated rings. The zero-order chi connectivity index (χ0) is 36.4. The Labute approximate surface area is 284 Å². The van der Waals surface area contributed by atoms with E-state index in [1.807, 2.05) is 0 Å². The first kappa shape index (κ1) is 36.5. The molecule has 6 N–H and O–H groups in total. The summed E-state index contributed by atoms with van der Waals surface area (Å²) in [7, 11) is -4.79. The third-order valence-electron chi connectivity index (χ3n) is 6.57. The van der Waals surface area contributed by atoms with Crippen molar-refractivity contribution < 1.29 is 65.5 Å². The number of hydrazine groups is 1. The number of aliphatic carboxylic acids is 1. The highest BCUT2D eigenvalue weighted by molar-refractivity contribution is 8.02. The second-order valence-electron chi connectivity index (χ2n) is 10.1. The molecule has 3 heterocycles. The molecule has 25 heteroatoms. The van der Waals surface area contributed by atoms with Gasteiger partial charge in [0.05, 0.1) is 18.1 Å². The third-order valence-corrected chi connectivity index (χ3v) is 9.60. The highest BCUT2D eigenvalue weighted by Gasteiger charge is 2.66. The number of nitrogens with two attached hydrogens (primary N) is 1. The molecule has 1 aromatic rings. The van der Waals surface area contributed by atoms with E-state index >= 15 is 0 Å². The number of hydrazone groups is 1. The van der Waals surface area contributed by atoms with E-state index in [1.54, 1.807) is 5.43 Å². The fourth-order valence-electron chi connectivity index (χ4n) is 4.69. The number of primary amides is 1. The number of fused-ring (bicyclic) bond motifs is 1. The molecule has 0 bridgehead atoms. The largest absolute Gasteiger partial charge is 0.479 e. The Kier molecular flexibility index (Phi) is 10.4. The van der Waals surface area contributed by atoms with E-state index < -0.39 is 103 Å². The van der Waals surface area contributed by atoms with E-state index in [0.717, 1.165) is 40.8 Å². The summed E-state index contributed by atoms with van der Waals surface area (Å²) < 4.78 is 40.2. The molecule has 4 rings (SSSR count). The Hall–Kier alpha value is -5.36. The van der Waals surface area contributed by atoms with E-state index in [1.165, 1.54) is 0 Å². The van der Waals surface area contributed by atoms with Crippen molar-refractivity contribution in [2.24, 2.45) is 10.8 Å². The Bertz CT molecular complexity index is 1790. The number of halogens is 1. The zero-order valence-corrected chi connectivity index (χ0v) is 27.4. The number of ether oxygens (including phenoxy) is 2. The number of benzene rings is 1. The van der Waals surface area contributed by atoms with Gasteiger partial charge in [0.25, 0.3) is 5.91 Å². The van der Waals surface area contributed by atoms with Gasteiger partial charge in [0, 0.05) is 32.5 Å². The molecule has 0 radical (unpaired) electrons. The molecule has 22 nitrogen and oxygen atoms in total. The lowest BCUT2D eigenvalue weighted by molar-refractivity contribution is -0.151. The maximum atomic E-state index is 13.1. The first-order chi connectivity index (χ1) is 22.8. The number of thioether (sulfide) groups is 1. The van der Waals surface area contributed by atoms with Gasteiger partial charge in [0.1, 0.15) is 17.6 Å². The molecule has 0 aromatic heterocycles. The van der Waals surface area contributed by atoms with Crippen LogP contribution in [0.3, 0.4) is 0 Å². The number of nitrogens with zero attached hydrogens (tertiary/aromatic N) is 4. The molecule has 1 aromatic carbocycles. The maximum absolute atomic E-state index is 13.1. The van der Waals surface area contributed by atoms with Crippen LogP contribution in [-0.4, -0.2) is 124 Å². The number of urea groups is 2. The lowest BCUT2D eigenvalue weighted by Crippen LogP contribution is -2.68. The van der Waals surface area contributed by atoms with E-state index in [2.05, 4.69) is 15.8 Å². The summed E-state index contributed by atoms with van der Waals surface area (Å²) in [6.07, 6.45) is 0.608. The molecule has 7 amide bonds. The predicted molar refractivity (Wildman–Crippen MR) is 162 cm³/mol. The molecule has 0 spiro atoms. The van der Waals surface area contributed by atoms with E-state index in [4.69, 9.17) is 31.0 Å². The van der Waals surface area contributed by atoms with Gasteiger partial charge < -0.3 is 34.7 Å². The minimum atomic E-state index is -4.79. The molecule has 264 valence electrons. The first-order valence-corrected chi connectivity index (χ1v) is 16.3. The first-order valence-electron chi connectivity index (χ1n) is 13.5. The van der Waals surface area contributed by atoms with Crippen LogP contribution in [0.15, 0.2) is 17.2 Å². The Morgan fingerprint density at radius 1 is 1.10 bits per heavy atom. The summed E-state index contributed by atoms with van der Waals surface area (Å²) in [5.74, 6) is -8.83. The van der Waals surface area contributed by atoms with Crippen LogP contribution < -0.4 is 35.6 Å². The lowest BCUT2D eigenvalue weighted by atomic mass is 10.1. The summed E-state index contributed by atoms with van der Waals surface area (Å²) in [4.78, 5) is 96.7. The summed E-state index contributed by atoms with van der Waals surface area (Å²) >= 11 is 6.68. The fraction of sp³-hybridized carbons (Fsp3) is 0.375. The van der Waals surface area contributed by atoms with Crippen LogP contribution >= 0.6 is 23.4 Å². The van der Waals surface area contributed by atoms with Gasteiger partial charge in [-0.2, -0.15) is 13.5 Å². The summed E-state index contributed by atoms with van der Waals surface area (Å²) in [5, 5.41) is 15.0. The summed E-state index contributed by atoms with van der Waals surface area (Å²) in [6, 6.07) is -1.61. The van der Waals surface area contributed by atoms with Gasteiger partial charge in [-0.1, -0.05) is 23.4 Å². The molecule has 3 saturated heterocycles. The van der Waals surface area contributed by atoms with Gasteiger partial charge in [0.2, 0.25) is 16.7 Å². The summed E-state index contributed by atoms with van der Waals surface area (Å²) in [6.45, 7) is 1.18. The van der Waals surface area contributed by atoms with Crippen molar-refractivity contribution in [3.05, 3.63) is 17.2 Å². The van der Waals surface area contributed by atoms with Gasteiger partial charge in [0.15, 0.2) is 23.0 Å². The van der Waals surface area contributed by atoms with Gasteiger partial charge in [-0.3, -0.25) is 34.3 Å². The van der Waals surface area contributed by atoms with Crippen molar-refractivity contribution in [2.45, 2.75) is 30.1 Å².